The van der Waals surface area contributed by atoms with Crippen LogP contribution in [0.2, 0.25) is 0 Å². The van der Waals surface area contributed by atoms with Crippen LogP contribution in [0.4, 0.5) is 0 Å². The summed E-state index contributed by atoms with van der Waals surface area (Å²) in [5.41, 5.74) is -0.124. The molecule has 1 rings (SSSR count). The van der Waals surface area contributed by atoms with Gasteiger partial charge in [-0.1, -0.05) is 0 Å². The Balaban J connectivity index is 2.49. The zero-order valence-corrected chi connectivity index (χ0v) is 6.69. The van der Waals surface area contributed by atoms with Crippen molar-refractivity contribution in [3.05, 3.63) is 17.8 Å². The number of hydrogen-bond acceptors (Lipinski definition) is 4. The van der Waals surface area contributed by atoms with Crippen LogP contribution in [0.15, 0.2) is 10.7 Å². The average Bonchev–Trinajstić information content (AvgIpc) is 2.53. The van der Waals surface area contributed by atoms with Crippen LogP contribution >= 0.6 is 0 Å². The molecule has 0 aliphatic carbocycles. The quantitative estimate of drug-likeness (QED) is 0.482. The molecule has 0 radical (unpaired) electrons. The maximum Gasteiger partial charge on any atom is 0.357 e. The number of carboxylic acid groups (broad SMARTS) is 1. The third-order valence-electron chi connectivity index (χ3n) is 1.34. The number of carbonyl (C=O) groups excluding carboxylic acids is 1. The molecule has 0 fully saturated rings. The number of nitrogens with one attached hydrogen (secondary N) is 1. The zero-order valence-electron chi connectivity index (χ0n) is 6.69. The van der Waals surface area contributed by atoms with Gasteiger partial charge in [-0.25, -0.2) is 9.78 Å². The molecule has 6 nitrogen and oxygen atoms in total. The van der Waals surface area contributed by atoms with Gasteiger partial charge in [0.1, 0.15) is 6.26 Å². The Morgan fingerprint density at radius 2 is 2.54 bits per heavy atom. The fourth-order valence-corrected chi connectivity index (χ4v) is 0.762. The smallest absolute Gasteiger partial charge is 0.357 e. The molecule has 1 aromatic heterocycles. The van der Waals surface area contributed by atoms with Crippen molar-refractivity contribution in [2.45, 2.75) is 6.42 Å². The van der Waals surface area contributed by atoms with Gasteiger partial charge in [0, 0.05) is 13.0 Å². The minimum absolute atomic E-state index is 0.124. The lowest BCUT2D eigenvalue weighted by atomic mass is 10.4. The second-order valence-electron chi connectivity index (χ2n) is 2.25. The summed E-state index contributed by atoms with van der Waals surface area (Å²) in [7, 11) is 0. The molecule has 6 heteroatoms. The van der Waals surface area contributed by atoms with Crippen molar-refractivity contribution < 1.29 is 19.1 Å². The van der Waals surface area contributed by atoms with Gasteiger partial charge in [-0.15, -0.1) is 0 Å². The van der Waals surface area contributed by atoms with Gasteiger partial charge in [-0.2, -0.15) is 0 Å². The van der Waals surface area contributed by atoms with Gasteiger partial charge in [0.05, 0.1) is 0 Å². The maximum atomic E-state index is 10.3. The van der Waals surface area contributed by atoms with Crippen LogP contribution in [-0.2, 0) is 11.2 Å². The average molecular weight is 184 g/mol. The van der Waals surface area contributed by atoms with Crippen molar-refractivity contribution >= 4 is 12.4 Å². The van der Waals surface area contributed by atoms with E-state index < -0.39 is 5.97 Å². The van der Waals surface area contributed by atoms with Gasteiger partial charge >= 0.3 is 5.97 Å². The van der Waals surface area contributed by atoms with Crippen LogP contribution in [0, 0.1) is 0 Å². The molecule has 0 saturated carbocycles. The Labute approximate surface area is 73.6 Å². The topological polar surface area (TPSA) is 92.4 Å². The summed E-state index contributed by atoms with van der Waals surface area (Å²) < 4.78 is 4.82. The van der Waals surface area contributed by atoms with E-state index in [0.717, 1.165) is 6.26 Å². The van der Waals surface area contributed by atoms with E-state index in [0.29, 0.717) is 25.3 Å². The van der Waals surface area contributed by atoms with Crippen LogP contribution in [0.25, 0.3) is 0 Å². The molecule has 13 heavy (non-hydrogen) atoms. The van der Waals surface area contributed by atoms with Crippen LogP contribution in [0.1, 0.15) is 16.4 Å². The highest BCUT2D eigenvalue weighted by Gasteiger charge is 2.09. The van der Waals surface area contributed by atoms with Gasteiger partial charge in [0.2, 0.25) is 6.41 Å². The van der Waals surface area contributed by atoms with Crippen molar-refractivity contribution in [1.29, 1.82) is 0 Å². The number of oxazole rings is 1. The highest BCUT2D eigenvalue weighted by Crippen LogP contribution is 2.01. The highest BCUT2D eigenvalue weighted by molar-refractivity contribution is 5.84. The normalized spacial score (nSPS) is 9.54. The van der Waals surface area contributed by atoms with E-state index in [-0.39, 0.29) is 5.69 Å². The van der Waals surface area contributed by atoms with E-state index in [9.17, 15) is 9.59 Å². The number of hydrogen-bond donors (Lipinski definition) is 2. The first-order valence-corrected chi connectivity index (χ1v) is 3.58. The SMILES string of the molecule is O=CNCCc1nc(C(=O)O)co1. The Kier molecular flexibility index (Phi) is 3.02. The summed E-state index contributed by atoms with van der Waals surface area (Å²) in [6, 6.07) is 0. The first kappa shape index (κ1) is 9.24. The van der Waals surface area contributed by atoms with E-state index in [1.807, 2.05) is 0 Å². The minimum atomic E-state index is -1.13. The van der Waals surface area contributed by atoms with Crippen molar-refractivity contribution in [3.8, 4) is 0 Å². The number of aromatic carboxylic acids is 1. The fourth-order valence-electron chi connectivity index (χ4n) is 0.762. The molecule has 0 aromatic carbocycles. The largest absolute Gasteiger partial charge is 0.476 e. The van der Waals surface area contributed by atoms with Gasteiger partial charge in [-0.05, 0) is 0 Å². The molecule has 0 aliphatic heterocycles. The van der Waals surface area contributed by atoms with Crippen molar-refractivity contribution in [2.24, 2.45) is 0 Å². The van der Waals surface area contributed by atoms with E-state index >= 15 is 0 Å². The highest BCUT2D eigenvalue weighted by atomic mass is 16.4. The molecule has 0 bridgehead atoms. The van der Waals surface area contributed by atoms with Crippen LogP contribution < -0.4 is 5.32 Å². The Bertz CT molecular complexity index is 307. The third kappa shape index (κ3) is 2.58. The van der Waals surface area contributed by atoms with E-state index in [1.54, 1.807) is 0 Å². The lowest BCUT2D eigenvalue weighted by Crippen LogP contribution is -2.14. The lowest BCUT2D eigenvalue weighted by Gasteiger charge is -1.92. The molecule has 0 saturated heterocycles. The van der Waals surface area contributed by atoms with Crippen LogP contribution in [0.3, 0.4) is 0 Å². The second kappa shape index (κ2) is 4.24. The van der Waals surface area contributed by atoms with Gasteiger partial charge < -0.3 is 14.8 Å². The maximum absolute atomic E-state index is 10.3. The van der Waals surface area contributed by atoms with E-state index in [1.165, 1.54) is 0 Å². The first-order chi connectivity index (χ1) is 6.24. The number of rotatable bonds is 5. The minimum Gasteiger partial charge on any atom is -0.476 e. The summed E-state index contributed by atoms with van der Waals surface area (Å²) in [5, 5.41) is 10.9. The predicted octanol–water partition coefficient (Wildman–Crippen LogP) is -0.339. The molecule has 70 valence electrons. The summed E-state index contributed by atoms with van der Waals surface area (Å²) >= 11 is 0. The van der Waals surface area contributed by atoms with Crippen molar-refractivity contribution in [2.75, 3.05) is 6.54 Å². The molecule has 2 N–H and O–H groups in total. The van der Waals surface area contributed by atoms with Crippen molar-refractivity contribution in [3.63, 3.8) is 0 Å². The molecule has 0 atom stereocenters. The van der Waals surface area contributed by atoms with Gasteiger partial charge in [-0.3, -0.25) is 4.79 Å². The Morgan fingerprint density at radius 3 is 3.08 bits per heavy atom. The van der Waals surface area contributed by atoms with Crippen molar-refractivity contribution in [1.82, 2.24) is 10.3 Å². The second-order valence-corrected chi connectivity index (χ2v) is 2.25. The molecular weight excluding hydrogens is 176 g/mol. The summed E-state index contributed by atoms with van der Waals surface area (Å²) in [5.74, 6) is -0.829. The third-order valence-corrected chi connectivity index (χ3v) is 1.34. The van der Waals surface area contributed by atoms with Crippen LogP contribution in [-0.4, -0.2) is 29.0 Å². The number of carbonyl (C=O) groups is 2. The number of nitrogens with zero attached hydrogens (tertiary/aromatic N) is 1. The monoisotopic (exact) mass is 184 g/mol. The standard InChI is InChI=1S/C7H8N2O4/c10-4-8-2-1-6-9-5(3-13-6)7(11)12/h3-4H,1-2H2,(H,8,10)(H,11,12). The molecule has 1 heterocycles. The van der Waals surface area contributed by atoms with E-state index in [4.69, 9.17) is 9.52 Å². The molecule has 1 aromatic rings. The summed E-state index contributed by atoms with van der Waals surface area (Å²) in [6.07, 6.45) is 2.01. The molecular formula is C7H8N2O4. The number of amides is 1. The lowest BCUT2D eigenvalue weighted by molar-refractivity contribution is -0.109. The Hall–Kier alpha value is -1.85. The first-order valence-electron chi connectivity index (χ1n) is 3.58. The van der Waals surface area contributed by atoms with Gasteiger partial charge in [0.25, 0.3) is 0 Å². The van der Waals surface area contributed by atoms with Gasteiger partial charge in [0.15, 0.2) is 11.6 Å². The van der Waals surface area contributed by atoms with Crippen LogP contribution in [0.5, 0.6) is 0 Å². The molecule has 0 unspecified atom stereocenters. The number of aromatic nitrogens is 1. The molecule has 1 amide bonds. The fraction of sp³-hybridized carbons (Fsp3) is 0.286. The predicted molar refractivity (Wildman–Crippen MR) is 41.2 cm³/mol. The molecule has 0 spiro atoms. The van der Waals surface area contributed by atoms with E-state index in [2.05, 4.69) is 10.3 Å². The number of carboxylic acids is 1. The summed E-state index contributed by atoms with van der Waals surface area (Å²) in [4.78, 5) is 23.9. The summed E-state index contributed by atoms with van der Waals surface area (Å²) in [6.45, 7) is 0.378. The zero-order chi connectivity index (χ0) is 9.68. The molecule has 0 aliphatic rings. The Morgan fingerprint density at radius 1 is 1.77 bits per heavy atom.